The number of hydrogen-bond acceptors (Lipinski definition) is 23. The minimum absolute atomic E-state index is 0. The summed E-state index contributed by atoms with van der Waals surface area (Å²) < 4.78 is 23.8. The van der Waals surface area contributed by atoms with E-state index in [0.29, 0.717) is 110 Å². The van der Waals surface area contributed by atoms with Crippen molar-refractivity contribution in [2.24, 2.45) is 87.1 Å². The number of anilines is 1. The number of hydrogen-bond donors (Lipinski definition) is 13. The lowest BCUT2D eigenvalue weighted by atomic mass is 9.61. The Bertz CT molecular complexity index is 5230. The number of benzene rings is 5. The van der Waals surface area contributed by atoms with Crippen molar-refractivity contribution in [2.75, 3.05) is 50.5 Å². The van der Waals surface area contributed by atoms with E-state index in [0.717, 1.165) is 89.5 Å². The van der Waals surface area contributed by atoms with Gasteiger partial charge in [-0.2, -0.15) is 0 Å². The zero-order valence-electron chi connectivity index (χ0n) is 87.7. The van der Waals surface area contributed by atoms with E-state index in [1.54, 1.807) is 38.5 Å². The first-order chi connectivity index (χ1) is 69.0. The van der Waals surface area contributed by atoms with Crippen LogP contribution >= 0.6 is 48.9 Å². The molecule has 39 heteroatoms. The summed E-state index contributed by atoms with van der Waals surface area (Å²) in [6, 6.07) is 36.0. The second kappa shape index (κ2) is 64.5. The summed E-state index contributed by atoms with van der Waals surface area (Å²) in [6.45, 7) is 30.3. The topological polar surface area (TPSA) is 507 Å². The van der Waals surface area contributed by atoms with Gasteiger partial charge in [-0.15, -0.1) is 0 Å². The standard InChI is InChI=1S/C35H47BN4O9S2.C34H42BN3O4S.C21H39N5O2S.C17H31N3O2S.CH4/c1-22(2)16-31(36(3)47)38-35(50)26(17-23-8-5-4-6-9-23)19-30(42)28-10-7-15-40(28)32(43)21-37-34(46)25(20-33(44)45)18-29(41)24-11-13-27(14-12-24)39-51(48)49;1-23(2)19-31(35(3)42)37-34(43)26(20-24-11-5-4-6-12-24)21-30(39)29-17-10-18-38(29)32(40)22-36-33(41)28-16-9-14-25-13-7-8-15-27(25)28;1-13(2)19(22)17(27)12-15(4)20(28)26-10-6-8-16(26)18(29)11-14(3)7-5-9-25-21(23)24;1-10(2)13(5)19-16(23)14-7-6-8-20(14)17(22)11(3)9-15(21)12(4)18;/h4-6,8-9,11-14,22,25-26,28,31,39,47H,7,10,15-21H2,1-3H3,(H,37,46)(H,38,50)(H,44,45)(H,48,49);4-9,11-16,23,26,29,31,42H,10,17-22H2,1-3H3,(H,36,41)(H,37,43);13-16,19H,5-12,22H2,1-4H3,(H4,23,24,25);10-14H,6-9,18H2,1-5H3,(H,19,23);1H4/p-1/t25-,26+,28-,31-;26-,29+,31+;;;/m01.../s1. The summed E-state index contributed by atoms with van der Waals surface area (Å²) in [5.74, 6) is -5.47. The Balaban J connectivity index is 0.000000359. The third-order valence-electron chi connectivity index (χ3n) is 27.2. The summed E-state index contributed by atoms with van der Waals surface area (Å²) in [4.78, 5) is 168. The lowest BCUT2D eigenvalue weighted by molar-refractivity contribution is -0.142. The van der Waals surface area contributed by atoms with Crippen LogP contribution in [0.15, 0.2) is 132 Å². The minimum atomic E-state index is -2.55. The molecular formula is C108H162B2N15O17S5-. The zero-order chi connectivity index (χ0) is 108. The summed E-state index contributed by atoms with van der Waals surface area (Å²) >= 11 is 20.3. The van der Waals surface area contributed by atoms with Crippen molar-refractivity contribution < 1.29 is 81.5 Å². The van der Waals surface area contributed by atoms with E-state index < -0.39 is 104 Å². The van der Waals surface area contributed by atoms with Crippen LogP contribution in [-0.4, -0.2) is 253 Å². The van der Waals surface area contributed by atoms with Crippen LogP contribution in [0.2, 0.25) is 13.6 Å². The molecule has 0 spiro atoms. The van der Waals surface area contributed by atoms with Crippen LogP contribution in [0.3, 0.4) is 0 Å². The number of nitrogens with one attached hydrogen (secondary N) is 6. The Kier molecular flexibility index (Phi) is 55.8. The number of fused-ring (bicyclic) bond motifs is 1. The molecule has 5 aromatic rings. The van der Waals surface area contributed by atoms with Crippen molar-refractivity contribution in [3.05, 3.63) is 150 Å². The normalized spacial score (nSPS) is 17.7. The monoisotopic (exact) mass is 2120 g/mol. The van der Waals surface area contributed by atoms with Crippen molar-refractivity contribution in [3.63, 3.8) is 0 Å². The molecule has 16 atom stereocenters. The van der Waals surface area contributed by atoms with Crippen LogP contribution in [0.5, 0.6) is 0 Å². The molecule has 6 amide bonds. The van der Waals surface area contributed by atoms with E-state index in [4.69, 9.17) is 71.8 Å². The molecule has 147 heavy (non-hydrogen) atoms. The number of carbonyl (C=O) groups excluding carboxylic acids is 11. The molecule has 32 nitrogen and oxygen atoms in total. The fourth-order valence-corrected chi connectivity index (χ4v) is 20.4. The number of thiocarbonyl (C=S) groups is 4. The van der Waals surface area contributed by atoms with Gasteiger partial charge in [-0.1, -0.05) is 243 Å². The second-order valence-corrected chi connectivity index (χ2v) is 43.7. The Morgan fingerprint density at radius 2 is 0.966 bits per heavy atom. The number of carboxylic acid groups (broad SMARTS) is 1. The molecule has 4 fully saturated rings. The van der Waals surface area contributed by atoms with Crippen LogP contribution < -0.4 is 54.2 Å². The van der Waals surface area contributed by atoms with Crippen molar-refractivity contribution in [1.82, 2.24) is 46.2 Å². The largest absolute Gasteiger partial charge is 0.755 e. The van der Waals surface area contributed by atoms with Gasteiger partial charge in [0.1, 0.15) is 5.78 Å². The van der Waals surface area contributed by atoms with Gasteiger partial charge in [0.15, 0.2) is 29.1 Å². The number of Topliss-reactive ketones (excluding diaryl/α,β-unsaturated/α-hetero) is 5. The van der Waals surface area contributed by atoms with Gasteiger partial charge in [-0.3, -0.25) is 66.7 Å². The summed E-state index contributed by atoms with van der Waals surface area (Å²) in [6.07, 6.45) is 10.7. The fraction of sp³-hybridized carbons (Fsp3) is 0.583. The average Bonchev–Trinajstić information content (AvgIpc) is 1.81. The van der Waals surface area contributed by atoms with Gasteiger partial charge in [0, 0.05) is 139 Å². The number of amides is 6. The van der Waals surface area contributed by atoms with Gasteiger partial charge >= 0.3 is 19.8 Å². The van der Waals surface area contributed by atoms with Gasteiger partial charge in [0.05, 0.1) is 76.6 Å². The van der Waals surface area contributed by atoms with Crippen molar-refractivity contribution in [1.29, 1.82) is 0 Å². The molecule has 0 radical (unpaired) electrons. The van der Waals surface area contributed by atoms with Gasteiger partial charge in [-0.25, -0.2) is 0 Å². The maximum atomic E-state index is 13.8. The molecule has 4 aliphatic heterocycles. The summed E-state index contributed by atoms with van der Waals surface area (Å²) in [7, 11) is 0. The number of carboxylic acids is 1. The summed E-state index contributed by atoms with van der Waals surface area (Å²) in [5, 5.41) is 47.2. The van der Waals surface area contributed by atoms with E-state index in [1.165, 1.54) is 29.2 Å². The molecule has 17 N–H and O–H groups in total. The fourth-order valence-electron chi connectivity index (χ4n) is 18.5. The van der Waals surface area contributed by atoms with Crippen LogP contribution in [0, 0.1) is 59.2 Å². The predicted molar refractivity (Wildman–Crippen MR) is 601 cm³/mol. The molecule has 9 unspecified atom stereocenters. The molecule has 4 saturated heterocycles. The molecule has 5 aromatic carbocycles. The molecule has 4 heterocycles. The lowest BCUT2D eigenvalue weighted by Gasteiger charge is -2.30. The molecule has 808 valence electrons. The van der Waals surface area contributed by atoms with Gasteiger partial charge in [0.25, 0.3) is 5.91 Å². The highest BCUT2D eigenvalue weighted by Crippen LogP contribution is 2.32. The van der Waals surface area contributed by atoms with Crippen LogP contribution in [0.1, 0.15) is 251 Å². The number of rotatable bonds is 52. The zero-order valence-corrected chi connectivity index (χ0v) is 91.8. The second-order valence-electron chi connectivity index (χ2n) is 41.2. The number of nitrogens with zero attached hydrogens (tertiary/aromatic N) is 5. The first-order valence-corrected chi connectivity index (χ1v) is 54.2. The third kappa shape index (κ3) is 43.1. The highest BCUT2D eigenvalue weighted by atomic mass is 32.2. The molecule has 0 aliphatic carbocycles. The molecular weight excluding hydrogens is 1960 g/mol. The highest BCUT2D eigenvalue weighted by Gasteiger charge is 2.42. The maximum absolute atomic E-state index is 13.8. The number of carbonyl (C=O) groups is 12. The number of ketones is 5. The lowest BCUT2D eigenvalue weighted by Crippen LogP contribution is -2.49. The van der Waals surface area contributed by atoms with Crippen LogP contribution in [0.4, 0.5) is 5.69 Å². The van der Waals surface area contributed by atoms with Crippen molar-refractivity contribution in [2.45, 2.75) is 300 Å². The Morgan fingerprint density at radius 3 is 1.42 bits per heavy atom. The van der Waals surface area contributed by atoms with E-state index in [1.807, 2.05) is 128 Å². The van der Waals surface area contributed by atoms with E-state index in [-0.39, 0.29) is 157 Å². The minimum Gasteiger partial charge on any atom is -0.755 e. The maximum Gasteiger partial charge on any atom is 0.308 e. The molecule has 9 rings (SSSR count). The van der Waals surface area contributed by atoms with Gasteiger partial charge in [-0.05, 0) is 192 Å². The quantitative estimate of drug-likeness (QED) is 0.00327. The Labute approximate surface area is 895 Å². The molecule has 0 aromatic heterocycles. The van der Waals surface area contributed by atoms with Crippen molar-refractivity contribution >= 4 is 187 Å². The smallest absolute Gasteiger partial charge is 0.308 e. The number of aliphatic carboxylic acids is 1. The first kappa shape index (κ1) is 127. The van der Waals surface area contributed by atoms with Crippen LogP contribution in [-0.2, 0) is 72.1 Å². The number of guanidine groups is 1. The third-order valence-corrected chi connectivity index (χ3v) is 29.3. The van der Waals surface area contributed by atoms with E-state index in [2.05, 4.69) is 91.7 Å². The van der Waals surface area contributed by atoms with Gasteiger partial charge < -0.3 is 93.5 Å². The van der Waals surface area contributed by atoms with E-state index in [9.17, 15) is 81.5 Å². The predicted octanol–water partition coefficient (Wildman–Crippen LogP) is 12.4. The molecule has 4 aliphatic rings. The van der Waals surface area contributed by atoms with Crippen molar-refractivity contribution in [3.8, 4) is 0 Å². The summed E-state index contributed by atoms with van der Waals surface area (Å²) in [5.41, 5.74) is 25.2. The van der Waals surface area contributed by atoms with Gasteiger partial charge in [0.2, 0.25) is 29.5 Å². The Hall–Kier alpha value is -10.1. The Morgan fingerprint density at radius 1 is 0.517 bits per heavy atom. The number of nitrogens with two attached hydrogens (primary N) is 4. The van der Waals surface area contributed by atoms with E-state index >= 15 is 0 Å². The highest BCUT2D eigenvalue weighted by molar-refractivity contribution is 7.81. The number of likely N-dealkylation sites (tertiary alicyclic amines) is 4. The molecule has 0 saturated carbocycles. The average molecular weight is 2120 g/mol. The van der Waals surface area contributed by atoms with Crippen LogP contribution in [0.25, 0.3) is 10.8 Å². The number of aliphatic imine (C=N–C) groups is 1. The SMILES string of the molecule is C.CB(O)[C@H](CC(C)C)NC(=S)[C@@H](CC(=O)[C@@H]1CCCN1C(=O)CNC(=O)[C@H](CC(=O)O)CC(=O)c1ccc(NS(=O)[O-])cc1)Cc1ccccc1.CB(O)[C@H](CC(C)C)NC(=S)[C@@H](CC(=O)[C@@H]1CCCN1C(=O)CNC(=O)c1cccc2ccccc12)Cc1ccccc1.CC(CCCN=C(N)N)CC(=S)C1CCCN1C(=O)C(C)CC(=O)C(N)C(C)C.CC(N)C(=O)CC(C)C(=O)N1CCCC1C(=S)NC(C)C(C)C. The molecule has 0 bridgehead atoms. The first-order valence-electron chi connectivity index (χ1n) is 51.5.